The van der Waals surface area contributed by atoms with Crippen LogP contribution in [-0.4, -0.2) is 25.2 Å². The number of phenols is 2. The highest BCUT2D eigenvalue weighted by Gasteiger charge is 2.28. The van der Waals surface area contributed by atoms with Crippen LogP contribution in [0.2, 0.25) is 0 Å². The number of anilines is 3. The molecule has 41 heavy (non-hydrogen) atoms. The molecule has 8 nitrogen and oxygen atoms in total. The van der Waals surface area contributed by atoms with Crippen LogP contribution in [0.15, 0.2) is 24.3 Å². The summed E-state index contributed by atoms with van der Waals surface area (Å²) in [5, 5.41) is 28.7. The van der Waals surface area contributed by atoms with Gasteiger partial charge in [-0.15, -0.1) is 0 Å². The lowest BCUT2D eigenvalue weighted by molar-refractivity contribution is 0.422. The van der Waals surface area contributed by atoms with Crippen LogP contribution in [-0.2, 0) is 34.7 Å². The molecule has 0 unspecified atom stereocenters. The highest BCUT2D eigenvalue weighted by Crippen LogP contribution is 2.41. The van der Waals surface area contributed by atoms with Crippen LogP contribution < -0.4 is 16.4 Å². The lowest BCUT2D eigenvalue weighted by Gasteiger charge is -2.28. The molecule has 8 heteroatoms. The Kier molecular flexibility index (Phi) is 8.60. The minimum absolute atomic E-state index is 0.109. The largest absolute Gasteiger partial charge is 0.507 e. The number of hydrogen-bond acceptors (Lipinski definition) is 8. The second kappa shape index (κ2) is 11.0. The average molecular weight is 563 g/mol. The van der Waals surface area contributed by atoms with E-state index in [0.717, 1.165) is 33.4 Å². The van der Waals surface area contributed by atoms with Crippen molar-refractivity contribution >= 4 is 17.8 Å². The van der Waals surface area contributed by atoms with Gasteiger partial charge in [-0.2, -0.15) is 15.0 Å². The first-order valence-corrected chi connectivity index (χ1v) is 14.3. The number of hydrogen-bond donors (Lipinski definition) is 5. The third-order valence-electron chi connectivity index (χ3n) is 7.13. The molecule has 0 fully saturated rings. The van der Waals surface area contributed by atoms with Gasteiger partial charge in [0.25, 0.3) is 0 Å². The molecule has 0 atom stereocenters. The number of nitrogen functional groups attached to an aromatic ring is 1. The van der Waals surface area contributed by atoms with Crippen LogP contribution >= 0.6 is 0 Å². The van der Waals surface area contributed by atoms with Crippen LogP contribution in [0.25, 0.3) is 0 Å². The van der Waals surface area contributed by atoms with Gasteiger partial charge in [-0.05, 0) is 79.3 Å². The maximum absolute atomic E-state index is 11.0. The fourth-order valence-corrected chi connectivity index (χ4v) is 4.79. The van der Waals surface area contributed by atoms with Crippen LogP contribution in [0.4, 0.5) is 17.8 Å². The van der Waals surface area contributed by atoms with E-state index in [0.29, 0.717) is 36.5 Å². The monoisotopic (exact) mass is 562 g/mol. The smallest absolute Gasteiger partial charge is 0.229 e. The number of rotatable bonds is 6. The van der Waals surface area contributed by atoms with Crippen molar-refractivity contribution in [3.63, 3.8) is 0 Å². The van der Waals surface area contributed by atoms with Gasteiger partial charge in [-0.1, -0.05) is 83.1 Å². The van der Waals surface area contributed by atoms with Gasteiger partial charge in [0.15, 0.2) is 0 Å². The molecule has 1 heterocycles. The van der Waals surface area contributed by atoms with Gasteiger partial charge in [-0.25, -0.2) is 0 Å². The predicted molar refractivity (Wildman–Crippen MR) is 170 cm³/mol. The summed E-state index contributed by atoms with van der Waals surface area (Å²) in [5.74, 6) is 1.53. The Morgan fingerprint density at radius 3 is 1.05 bits per heavy atom. The van der Waals surface area contributed by atoms with Gasteiger partial charge in [0.05, 0.1) is 0 Å². The third kappa shape index (κ3) is 7.80. The number of aromatic hydroxyl groups is 2. The Balaban J connectivity index is 1.87. The van der Waals surface area contributed by atoms with E-state index < -0.39 is 0 Å². The molecular weight excluding hydrogens is 512 g/mol. The van der Waals surface area contributed by atoms with Crippen molar-refractivity contribution in [3.8, 4) is 11.5 Å². The van der Waals surface area contributed by atoms with Crippen molar-refractivity contribution in [2.24, 2.45) is 0 Å². The predicted octanol–water partition coefficient (Wildman–Crippen LogP) is 7.28. The number of benzene rings is 2. The van der Waals surface area contributed by atoms with E-state index in [4.69, 9.17) is 5.73 Å². The van der Waals surface area contributed by atoms with E-state index in [1.807, 2.05) is 24.3 Å². The fraction of sp³-hybridized carbons (Fsp3) is 0.545. The van der Waals surface area contributed by atoms with Crippen LogP contribution in [0.3, 0.4) is 0 Å². The fourth-order valence-electron chi connectivity index (χ4n) is 4.79. The number of aromatic nitrogens is 3. The van der Waals surface area contributed by atoms with Crippen LogP contribution in [0.5, 0.6) is 11.5 Å². The van der Waals surface area contributed by atoms with E-state index in [1.54, 1.807) is 0 Å². The second-order valence-electron chi connectivity index (χ2n) is 15.1. The number of nitrogens with zero attached hydrogens (tertiary/aromatic N) is 3. The van der Waals surface area contributed by atoms with Crippen molar-refractivity contribution < 1.29 is 10.2 Å². The zero-order valence-corrected chi connectivity index (χ0v) is 27.0. The van der Waals surface area contributed by atoms with Crippen molar-refractivity contribution in [1.82, 2.24) is 15.0 Å². The molecule has 0 bridgehead atoms. The summed E-state index contributed by atoms with van der Waals surface area (Å²) in [5.41, 5.74) is 10.8. The van der Waals surface area contributed by atoms with Crippen molar-refractivity contribution in [3.05, 3.63) is 57.6 Å². The van der Waals surface area contributed by atoms with Gasteiger partial charge in [0.1, 0.15) is 11.5 Å². The van der Waals surface area contributed by atoms with Gasteiger partial charge in [-0.3, -0.25) is 0 Å². The summed E-state index contributed by atoms with van der Waals surface area (Å²) >= 11 is 0. The Morgan fingerprint density at radius 1 is 0.537 bits per heavy atom. The molecule has 0 aliphatic carbocycles. The summed E-state index contributed by atoms with van der Waals surface area (Å²) in [6.07, 6.45) is 0. The Labute approximate surface area is 246 Å². The standard InChI is InChI=1S/C33H50N6O2/c1-30(2,3)21-13-19(14-22(25(21)40)31(4,5)6)17-35-28-37-27(34)38-29(39-28)36-18-20-15-23(32(7,8)9)26(41)24(16-20)33(10,11)12/h13-16,40-41H,17-18H2,1-12H3,(H4,34,35,36,37,38,39). The van der Waals surface area contributed by atoms with Crippen LogP contribution in [0, 0.1) is 0 Å². The summed E-state index contributed by atoms with van der Waals surface area (Å²) in [4.78, 5) is 13.1. The van der Waals surface area contributed by atoms with Gasteiger partial charge in [0.2, 0.25) is 17.8 Å². The zero-order chi connectivity index (χ0) is 31.1. The average Bonchev–Trinajstić information content (AvgIpc) is 2.79. The quantitative estimate of drug-likeness (QED) is 0.212. The minimum Gasteiger partial charge on any atom is -0.507 e. The zero-order valence-electron chi connectivity index (χ0n) is 27.0. The van der Waals surface area contributed by atoms with Gasteiger partial charge >= 0.3 is 0 Å². The Bertz CT molecular complexity index is 1230. The topological polar surface area (TPSA) is 129 Å². The number of nitrogens with two attached hydrogens (primary N) is 1. The maximum atomic E-state index is 11.0. The van der Waals surface area contributed by atoms with E-state index in [9.17, 15) is 10.2 Å². The summed E-state index contributed by atoms with van der Waals surface area (Å²) in [6, 6.07) is 8.13. The summed E-state index contributed by atoms with van der Waals surface area (Å²) in [7, 11) is 0. The normalized spacial score (nSPS) is 12.9. The first-order chi connectivity index (χ1) is 18.6. The molecule has 3 aromatic rings. The summed E-state index contributed by atoms with van der Waals surface area (Å²) < 4.78 is 0. The highest BCUT2D eigenvalue weighted by atomic mass is 16.3. The molecule has 0 amide bonds. The van der Waals surface area contributed by atoms with Crippen molar-refractivity contribution in [2.75, 3.05) is 16.4 Å². The molecule has 2 aromatic carbocycles. The van der Waals surface area contributed by atoms with Crippen molar-refractivity contribution in [1.29, 1.82) is 0 Å². The number of phenolic OH excluding ortho intramolecular Hbond substituents is 2. The maximum Gasteiger partial charge on any atom is 0.229 e. The molecule has 6 N–H and O–H groups in total. The first-order valence-electron chi connectivity index (χ1n) is 14.3. The molecular formula is C33H50N6O2. The van der Waals surface area contributed by atoms with E-state index >= 15 is 0 Å². The lowest BCUT2D eigenvalue weighted by atomic mass is 9.78. The molecule has 3 rings (SSSR count). The number of nitrogens with one attached hydrogen (secondary N) is 2. The SMILES string of the molecule is CC(C)(C)c1cc(CNc2nc(N)nc(NCc3cc(C(C)(C)C)c(O)c(C(C)(C)C)c3)n2)cc(C(C)(C)C)c1O. The molecule has 0 spiro atoms. The molecule has 0 radical (unpaired) electrons. The van der Waals surface area contributed by atoms with E-state index in [2.05, 4.69) is 109 Å². The van der Waals surface area contributed by atoms with E-state index in [1.165, 1.54) is 0 Å². The van der Waals surface area contributed by atoms with Crippen molar-refractivity contribution in [2.45, 2.75) is 118 Å². The van der Waals surface area contributed by atoms with Gasteiger partial charge < -0.3 is 26.6 Å². The Morgan fingerprint density at radius 2 is 0.805 bits per heavy atom. The molecule has 0 saturated heterocycles. The lowest BCUT2D eigenvalue weighted by Crippen LogP contribution is -2.19. The van der Waals surface area contributed by atoms with Gasteiger partial charge in [0, 0.05) is 13.1 Å². The summed E-state index contributed by atoms with van der Waals surface area (Å²) in [6.45, 7) is 26.1. The Hall–Kier alpha value is -3.55. The highest BCUT2D eigenvalue weighted by molar-refractivity contribution is 5.52. The molecule has 0 aliphatic heterocycles. The molecule has 0 aliphatic rings. The minimum atomic E-state index is -0.220. The second-order valence-corrected chi connectivity index (χ2v) is 15.1. The third-order valence-corrected chi connectivity index (χ3v) is 7.13. The first kappa shape index (κ1) is 32.0. The molecule has 1 aromatic heterocycles. The van der Waals surface area contributed by atoms with Crippen LogP contribution in [0.1, 0.15) is 116 Å². The van der Waals surface area contributed by atoms with E-state index in [-0.39, 0.29) is 27.6 Å². The molecule has 224 valence electrons. The molecule has 0 saturated carbocycles.